The Morgan fingerprint density at radius 3 is 2.48 bits per heavy atom. The fourth-order valence-electron chi connectivity index (χ4n) is 2.91. The van der Waals surface area contributed by atoms with Crippen molar-refractivity contribution in [3.63, 3.8) is 0 Å². The van der Waals surface area contributed by atoms with E-state index in [1.807, 2.05) is 12.1 Å². The number of sulfonamides is 1. The normalized spacial score (nSPS) is 23.8. The highest BCUT2D eigenvalue weighted by atomic mass is 32.2. The molecule has 118 valence electrons. The third kappa shape index (κ3) is 3.77. The van der Waals surface area contributed by atoms with Gasteiger partial charge in [0.2, 0.25) is 10.0 Å². The topological polar surface area (TPSA) is 49.4 Å². The summed E-state index contributed by atoms with van der Waals surface area (Å²) in [5, 5.41) is 3.49. The number of hydrogen-bond acceptors (Lipinski definition) is 3. The van der Waals surface area contributed by atoms with E-state index < -0.39 is 10.0 Å². The minimum absolute atomic E-state index is 0.353. The van der Waals surface area contributed by atoms with Gasteiger partial charge in [-0.05, 0) is 30.9 Å². The summed E-state index contributed by atoms with van der Waals surface area (Å²) in [6.45, 7) is 2.26. The zero-order valence-electron chi connectivity index (χ0n) is 13.2. The van der Waals surface area contributed by atoms with Crippen molar-refractivity contribution < 1.29 is 8.42 Å². The van der Waals surface area contributed by atoms with Crippen LogP contribution < -0.4 is 5.32 Å². The summed E-state index contributed by atoms with van der Waals surface area (Å²) in [7, 11) is -0.274. The lowest BCUT2D eigenvalue weighted by molar-refractivity contribution is 0.455. The Bertz CT molecular complexity index is 569. The minimum atomic E-state index is -3.41. The molecule has 1 saturated carbocycles. The van der Waals surface area contributed by atoms with E-state index in [0.717, 1.165) is 12.1 Å². The summed E-state index contributed by atoms with van der Waals surface area (Å²) in [6.07, 6.45) is 6.08. The fraction of sp³-hybridized carbons (Fsp3) is 0.625. The molecule has 1 N–H and O–H groups in total. The zero-order chi connectivity index (χ0) is 15.5. The highest BCUT2D eigenvalue weighted by molar-refractivity contribution is 7.89. The van der Waals surface area contributed by atoms with Crippen LogP contribution in [0.5, 0.6) is 0 Å². The first kappa shape index (κ1) is 16.3. The van der Waals surface area contributed by atoms with E-state index in [1.165, 1.54) is 30.0 Å². The molecule has 1 fully saturated rings. The first-order chi connectivity index (χ1) is 9.93. The van der Waals surface area contributed by atoms with Gasteiger partial charge in [-0.1, -0.05) is 38.3 Å². The summed E-state index contributed by atoms with van der Waals surface area (Å²) in [5.41, 5.74) is 0.727. The van der Waals surface area contributed by atoms with Gasteiger partial charge >= 0.3 is 0 Å². The first-order valence-electron chi connectivity index (χ1n) is 7.71. The van der Waals surface area contributed by atoms with Gasteiger partial charge in [-0.2, -0.15) is 0 Å². The summed E-state index contributed by atoms with van der Waals surface area (Å²) in [5.74, 6) is 0.572. The van der Waals surface area contributed by atoms with Crippen LogP contribution in [0, 0.1) is 5.92 Å². The first-order valence-corrected chi connectivity index (χ1v) is 9.15. The van der Waals surface area contributed by atoms with Crippen LogP contribution in [-0.2, 0) is 10.0 Å². The number of para-hydroxylation sites is 1. The molecule has 1 aromatic carbocycles. The predicted molar refractivity (Wildman–Crippen MR) is 87.0 cm³/mol. The van der Waals surface area contributed by atoms with Gasteiger partial charge in [0.1, 0.15) is 4.90 Å². The number of hydrogen-bond donors (Lipinski definition) is 1. The van der Waals surface area contributed by atoms with Gasteiger partial charge in [0.15, 0.2) is 0 Å². The Labute approximate surface area is 128 Å². The second-order valence-corrected chi connectivity index (χ2v) is 8.27. The number of nitrogens with zero attached hydrogens (tertiary/aromatic N) is 1. The molecule has 1 aliphatic rings. The van der Waals surface area contributed by atoms with E-state index in [0.29, 0.717) is 16.9 Å². The van der Waals surface area contributed by atoms with Crippen molar-refractivity contribution in [3.05, 3.63) is 24.3 Å². The fourth-order valence-corrected chi connectivity index (χ4v) is 3.96. The van der Waals surface area contributed by atoms with Gasteiger partial charge < -0.3 is 5.32 Å². The molecule has 0 amide bonds. The SMILES string of the molecule is CC1CCCCCC1Nc1ccccc1S(=O)(=O)N(C)C. The molecule has 2 unspecified atom stereocenters. The molecule has 0 saturated heterocycles. The summed E-state index contributed by atoms with van der Waals surface area (Å²) >= 11 is 0. The van der Waals surface area contributed by atoms with E-state index >= 15 is 0 Å². The molecular weight excluding hydrogens is 284 g/mol. The molecule has 0 spiro atoms. The van der Waals surface area contributed by atoms with Crippen molar-refractivity contribution in [2.24, 2.45) is 5.92 Å². The Kier molecular flexibility index (Phi) is 5.27. The molecule has 0 aromatic heterocycles. The zero-order valence-corrected chi connectivity index (χ0v) is 14.0. The van der Waals surface area contributed by atoms with Gasteiger partial charge in [0.05, 0.1) is 5.69 Å². The lowest BCUT2D eigenvalue weighted by Gasteiger charge is -2.26. The van der Waals surface area contributed by atoms with Gasteiger partial charge in [-0.3, -0.25) is 0 Å². The van der Waals surface area contributed by atoms with E-state index in [1.54, 1.807) is 26.2 Å². The molecule has 0 heterocycles. The van der Waals surface area contributed by atoms with Crippen LogP contribution in [0.4, 0.5) is 5.69 Å². The molecular formula is C16H26N2O2S. The number of rotatable bonds is 4. The molecule has 21 heavy (non-hydrogen) atoms. The Hall–Kier alpha value is -1.07. The van der Waals surface area contributed by atoms with Gasteiger partial charge in [-0.25, -0.2) is 12.7 Å². The van der Waals surface area contributed by atoms with Crippen LogP contribution in [0.3, 0.4) is 0 Å². The van der Waals surface area contributed by atoms with Gasteiger partial charge in [-0.15, -0.1) is 0 Å². The van der Waals surface area contributed by atoms with E-state index in [2.05, 4.69) is 12.2 Å². The van der Waals surface area contributed by atoms with E-state index in [-0.39, 0.29) is 0 Å². The monoisotopic (exact) mass is 310 g/mol. The molecule has 0 bridgehead atoms. The molecule has 2 rings (SSSR count). The van der Waals surface area contributed by atoms with Crippen molar-refractivity contribution in [2.75, 3.05) is 19.4 Å². The average molecular weight is 310 g/mol. The third-order valence-electron chi connectivity index (χ3n) is 4.35. The number of nitrogens with one attached hydrogen (secondary N) is 1. The summed E-state index contributed by atoms with van der Waals surface area (Å²) in [6, 6.07) is 7.56. The minimum Gasteiger partial charge on any atom is -0.381 e. The second-order valence-electron chi connectivity index (χ2n) is 6.15. The van der Waals surface area contributed by atoms with Crippen molar-refractivity contribution in [1.29, 1.82) is 0 Å². The van der Waals surface area contributed by atoms with Crippen LogP contribution >= 0.6 is 0 Å². The Morgan fingerprint density at radius 1 is 1.10 bits per heavy atom. The highest BCUT2D eigenvalue weighted by Crippen LogP contribution is 2.29. The largest absolute Gasteiger partial charge is 0.381 e. The highest BCUT2D eigenvalue weighted by Gasteiger charge is 2.24. The second kappa shape index (κ2) is 6.79. The quantitative estimate of drug-likeness (QED) is 0.868. The van der Waals surface area contributed by atoms with Crippen LogP contribution in [0.25, 0.3) is 0 Å². The maximum absolute atomic E-state index is 12.4. The summed E-state index contributed by atoms with van der Waals surface area (Å²) < 4.78 is 26.1. The van der Waals surface area contributed by atoms with Crippen LogP contribution in [0.2, 0.25) is 0 Å². The smallest absolute Gasteiger partial charge is 0.244 e. The molecule has 0 aliphatic heterocycles. The maximum atomic E-state index is 12.4. The van der Waals surface area contributed by atoms with Crippen molar-refractivity contribution in [3.8, 4) is 0 Å². The average Bonchev–Trinajstić information content (AvgIpc) is 2.64. The van der Waals surface area contributed by atoms with E-state index in [9.17, 15) is 8.42 Å². The Balaban J connectivity index is 2.28. The lowest BCUT2D eigenvalue weighted by atomic mass is 9.97. The molecule has 4 nitrogen and oxygen atoms in total. The standard InChI is InChI=1S/C16H26N2O2S/c1-13-9-5-4-6-10-14(13)17-15-11-7-8-12-16(15)21(19,20)18(2)3/h7-8,11-14,17H,4-6,9-10H2,1-3H3. The van der Waals surface area contributed by atoms with Crippen molar-refractivity contribution in [1.82, 2.24) is 4.31 Å². The molecule has 2 atom stereocenters. The van der Waals surface area contributed by atoms with Crippen LogP contribution in [0.1, 0.15) is 39.0 Å². The van der Waals surface area contributed by atoms with E-state index in [4.69, 9.17) is 0 Å². The Morgan fingerprint density at radius 2 is 1.76 bits per heavy atom. The lowest BCUT2D eigenvalue weighted by Crippen LogP contribution is -2.29. The number of anilines is 1. The van der Waals surface area contributed by atoms with Gasteiger partial charge in [0.25, 0.3) is 0 Å². The van der Waals surface area contributed by atoms with Crippen molar-refractivity contribution in [2.45, 2.75) is 50.0 Å². The maximum Gasteiger partial charge on any atom is 0.244 e. The van der Waals surface area contributed by atoms with Gasteiger partial charge in [0, 0.05) is 20.1 Å². The van der Waals surface area contributed by atoms with Crippen molar-refractivity contribution >= 4 is 15.7 Å². The molecule has 1 aromatic rings. The predicted octanol–water partition coefficient (Wildman–Crippen LogP) is 3.32. The van der Waals surface area contributed by atoms with Crippen LogP contribution in [-0.4, -0.2) is 32.9 Å². The molecule has 0 radical (unpaired) electrons. The number of benzene rings is 1. The van der Waals surface area contributed by atoms with Crippen LogP contribution in [0.15, 0.2) is 29.2 Å². The third-order valence-corrected chi connectivity index (χ3v) is 6.22. The molecule has 5 heteroatoms. The summed E-state index contributed by atoms with van der Waals surface area (Å²) in [4.78, 5) is 0.367. The molecule has 1 aliphatic carbocycles.